The number of methoxy groups -OCH3 is 1. The van der Waals surface area contributed by atoms with E-state index in [1.54, 1.807) is 7.11 Å². The topological polar surface area (TPSA) is 206 Å². The number of ether oxygens (including phenoxy) is 3. The Kier molecular flexibility index (Phi) is 9.87. The molecule has 0 bridgehead atoms. The number of carbonyl (C=O) groups is 2. The molecule has 44 heavy (non-hydrogen) atoms. The average molecular weight is 626 g/mol. The van der Waals surface area contributed by atoms with E-state index < -0.39 is 73.2 Å². The molecule has 6 aliphatic rings. The van der Waals surface area contributed by atoms with Gasteiger partial charge in [-0.1, -0.05) is 12.8 Å². The van der Waals surface area contributed by atoms with E-state index in [0.29, 0.717) is 25.2 Å². The molecule has 0 aromatic rings. The van der Waals surface area contributed by atoms with Crippen molar-refractivity contribution in [3.8, 4) is 0 Å². The maximum absolute atomic E-state index is 14.3. The van der Waals surface area contributed by atoms with Crippen LogP contribution in [0.3, 0.4) is 0 Å². The molecule has 0 aromatic heterocycles. The van der Waals surface area contributed by atoms with Gasteiger partial charge in [0, 0.05) is 37.7 Å². The standard InChI is InChI=1S/C32H52N2O10/c1-42-17-10-19-25(21(11-17)43-31-30(41)29(40)27(38)22(14-35)44-31)28(39)24-18(26(19)37)8-15(9-20(24)36)12-32(6-2-3-7-32)16-4-5-23(33)34-13-16/h15-25,27,29-31,34-36,38,40-41H,2-14,33H2,1H3/p+1/t15?,16?,17?,18?,19?,20?,21?,22-,23?,24?,25?,27-,29+,30-,31+/m1/s1. The molecule has 250 valence electrons. The van der Waals surface area contributed by atoms with Crippen molar-refractivity contribution in [2.75, 3.05) is 20.3 Å². The fraction of sp³-hybridized carbons (Fsp3) is 0.938. The van der Waals surface area contributed by atoms with Crippen LogP contribution in [0.1, 0.15) is 70.6 Å². The largest absolute Gasteiger partial charge is 0.394 e. The molecule has 6 rings (SSSR count). The first-order valence-electron chi connectivity index (χ1n) is 16.9. The molecule has 6 fully saturated rings. The van der Waals surface area contributed by atoms with Gasteiger partial charge in [0.15, 0.2) is 6.29 Å². The second-order valence-electron chi connectivity index (χ2n) is 14.9. The third-order valence-corrected chi connectivity index (χ3v) is 12.5. The Morgan fingerprint density at radius 1 is 0.932 bits per heavy atom. The summed E-state index contributed by atoms with van der Waals surface area (Å²) in [6, 6.07) is 0. The van der Waals surface area contributed by atoms with E-state index in [4.69, 9.17) is 19.9 Å². The Morgan fingerprint density at radius 2 is 1.66 bits per heavy atom. The molecule has 2 heterocycles. The molecule has 12 nitrogen and oxygen atoms in total. The third-order valence-electron chi connectivity index (χ3n) is 12.5. The first-order valence-corrected chi connectivity index (χ1v) is 16.9. The SMILES string of the molecule is COC1CC(O[C@H]2O[C@H](CO)[C@@H](O)[C@H](O)[C@H]2O)C2C(=O)C3C(O)CC(CC4(C5CCC(N)[NH2+]C5)CCCC4)CC3C(=O)C2C1. The van der Waals surface area contributed by atoms with E-state index in [1.165, 1.54) is 25.7 Å². The van der Waals surface area contributed by atoms with Crippen LogP contribution in [0.25, 0.3) is 0 Å². The molecule has 0 spiro atoms. The van der Waals surface area contributed by atoms with Gasteiger partial charge in [0.05, 0.1) is 43.3 Å². The smallest absolute Gasteiger partial charge is 0.186 e. The van der Waals surface area contributed by atoms with Crippen LogP contribution in [0.5, 0.6) is 0 Å². The number of nitrogens with two attached hydrogens (primary N) is 2. The van der Waals surface area contributed by atoms with Gasteiger partial charge in [0.25, 0.3) is 0 Å². The van der Waals surface area contributed by atoms with Crippen molar-refractivity contribution >= 4 is 11.6 Å². The highest BCUT2D eigenvalue weighted by Gasteiger charge is 2.60. The zero-order valence-corrected chi connectivity index (χ0v) is 25.8. The molecule has 12 heteroatoms. The van der Waals surface area contributed by atoms with Crippen LogP contribution in [0, 0.1) is 40.9 Å². The van der Waals surface area contributed by atoms with Crippen molar-refractivity contribution in [2.24, 2.45) is 46.7 Å². The number of fused-ring (bicyclic) bond motifs is 2. The average Bonchev–Trinajstić information content (AvgIpc) is 3.49. The number of hydrogen-bond donors (Lipinski definition) is 7. The van der Waals surface area contributed by atoms with Crippen LogP contribution < -0.4 is 11.1 Å². The van der Waals surface area contributed by atoms with Crippen molar-refractivity contribution in [2.45, 2.75) is 126 Å². The van der Waals surface area contributed by atoms with E-state index in [-0.39, 0.29) is 41.6 Å². The summed E-state index contributed by atoms with van der Waals surface area (Å²) < 4.78 is 17.4. The molecule has 4 saturated carbocycles. The minimum Gasteiger partial charge on any atom is -0.394 e. The van der Waals surface area contributed by atoms with Crippen molar-refractivity contribution in [1.29, 1.82) is 0 Å². The molecule has 10 unspecified atom stereocenters. The van der Waals surface area contributed by atoms with Crippen molar-refractivity contribution < 1.29 is 54.6 Å². The van der Waals surface area contributed by atoms with Gasteiger partial charge in [-0.15, -0.1) is 0 Å². The maximum atomic E-state index is 14.3. The normalized spacial score (nSPS) is 49.4. The molecule has 2 aliphatic heterocycles. The minimum absolute atomic E-state index is 0.0232. The Bertz CT molecular complexity index is 1030. The summed E-state index contributed by atoms with van der Waals surface area (Å²) in [7, 11) is 1.55. The van der Waals surface area contributed by atoms with Crippen molar-refractivity contribution in [1.82, 2.24) is 0 Å². The predicted octanol–water partition coefficient (Wildman–Crippen LogP) is -1.42. The maximum Gasteiger partial charge on any atom is 0.186 e. The summed E-state index contributed by atoms with van der Waals surface area (Å²) in [5.74, 6) is -2.34. The molecule has 9 N–H and O–H groups in total. The Labute approximate surface area is 259 Å². The van der Waals surface area contributed by atoms with E-state index in [2.05, 4.69) is 5.32 Å². The lowest BCUT2D eigenvalue weighted by Crippen LogP contribution is -2.95. The number of rotatable bonds is 7. The van der Waals surface area contributed by atoms with E-state index in [1.807, 2.05) is 0 Å². The number of piperidine rings is 1. The monoisotopic (exact) mass is 625 g/mol. The number of ketones is 2. The van der Waals surface area contributed by atoms with Gasteiger partial charge in [-0.3, -0.25) is 15.3 Å². The second kappa shape index (κ2) is 13.2. The van der Waals surface area contributed by atoms with E-state index >= 15 is 0 Å². The summed E-state index contributed by atoms with van der Waals surface area (Å²) >= 11 is 0. The van der Waals surface area contributed by atoms with E-state index in [9.17, 15) is 35.1 Å². The van der Waals surface area contributed by atoms with Crippen LogP contribution in [0.15, 0.2) is 0 Å². The van der Waals surface area contributed by atoms with Gasteiger partial charge in [-0.25, -0.2) is 0 Å². The fourth-order valence-electron chi connectivity index (χ4n) is 10.2. The van der Waals surface area contributed by atoms with Gasteiger partial charge >= 0.3 is 0 Å². The number of aliphatic hydroxyl groups is 5. The van der Waals surface area contributed by atoms with Gasteiger partial charge < -0.3 is 45.1 Å². The van der Waals surface area contributed by atoms with Gasteiger partial charge in [-0.2, -0.15) is 0 Å². The Hall–Kier alpha value is -1.06. The zero-order valence-electron chi connectivity index (χ0n) is 25.8. The number of aliphatic hydroxyl groups excluding tert-OH is 5. The predicted molar refractivity (Wildman–Crippen MR) is 154 cm³/mol. The number of carbonyl (C=O) groups excluding carboxylic acids is 2. The lowest BCUT2D eigenvalue weighted by atomic mass is 9.54. The van der Waals surface area contributed by atoms with Crippen LogP contribution in [0.2, 0.25) is 0 Å². The lowest BCUT2D eigenvalue weighted by Gasteiger charge is -2.52. The summed E-state index contributed by atoms with van der Waals surface area (Å²) in [6.07, 6.45) is 0.190. The van der Waals surface area contributed by atoms with Crippen molar-refractivity contribution in [3.05, 3.63) is 0 Å². The molecule has 0 aromatic carbocycles. The first-order chi connectivity index (χ1) is 21.1. The fourth-order valence-corrected chi connectivity index (χ4v) is 10.2. The minimum atomic E-state index is -1.63. The first kappa shape index (κ1) is 32.9. The summed E-state index contributed by atoms with van der Waals surface area (Å²) in [6.45, 7) is 0.419. The van der Waals surface area contributed by atoms with Crippen LogP contribution in [-0.2, 0) is 23.8 Å². The van der Waals surface area contributed by atoms with Crippen LogP contribution >= 0.6 is 0 Å². The van der Waals surface area contributed by atoms with Crippen molar-refractivity contribution in [3.63, 3.8) is 0 Å². The molecular weight excluding hydrogens is 572 g/mol. The molecule has 4 aliphatic carbocycles. The second-order valence-corrected chi connectivity index (χ2v) is 14.9. The number of hydrogen-bond acceptors (Lipinski definition) is 11. The lowest BCUT2D eigenvalue weighted by molar-refractivity contribution is -0.705. The molecular formula is C32H53N2O10+. The van der Waals surface area contributed by atoms with Crippen LogP contribution in [-0.4, -0.2) is 113 Å². The van der Waals surface area contributed by atoms with E-state index in [0.717, 1.165) is 25.8 Å². The molecule has 15 atom stereocenters. The van der Waals surface area contributed by atoms with Gasteiger partial charge in [-0.05, 0) is 56.3 Å². The highest BCUT2D eigenvalue weighted by molar-refractivity contribution is 6.00. The molecule has 0 amide bonds. The quantitative estimate of drug-likeness (QED) is 0.175. The molecule has 0 radical (unpaired) electrons. The van der Waals surface area contributed by atoms with Gasteiger partial charge in [0.2, 0.25) is 0 Å². The van der Waals surface area contributed by atoms with Gasteiger partial charge in [0.1, 0.15) is 42.1 Å². The van der Waals surface area contributed by atoms with Crippen LogP contribution in [0.4, 0.5) is 0 Å². The highest BCUT2D eigenvalue weighted by Crippen LogP contribution is 2.55. The Balaban J connectivity index is 1.20. The number of quaternary nitrogens is 1. The summed E-state index contributed by atoms with van der Waals surface area (Å²) in [5, 5.41) is 54.5. The summed E-state index contributed by atoms with van der Waals surface area (Å²) in [4.78, 5) is 28.5. The Morgan fingerprint density at radius 3 is 2.32 bits per heavy atom. The number of Topliss-reactive ketones (excluding diaryl/α,β-unsaturated/α-hetero) is 2. The highest BCUT2D eigenvalue weighted by atomic mass is 16.7. The third kappa shape index (κ3) is 5.93. The molecule has 2 saturated heterocycles. The zero-order chi connectivity index (χ0) is 31.3. The summed E-state index contributed by atoms with van der Waals surface area (Å²) in [5.41, 5.74) is 6.39.